The van der Waals surface area contributed by atoms with Gasteiger partial charge < -0.3 is 14.4 Å². The molecule has 0 bridgehead atoms. The van der Waals surface area contributed by atoms with Crippen LogP contribution in [0.15, 0.2) is 28.1 Å². The number of carboxylic acids is 1. The molecule has 0 unspecified atom stereocenters. The molecule has 7 heteroatoms. The maximum absolute atomic E-state index is 11.4. The number of carboxylic acid groups (broad SMARTS) is 1. The van der Waals surface area contributed by atoms with Crippen LogP contribution in [0.4, 0.5) is 0 Å². The summed E-state index contributed by atoms with van der Waals surface area (Å²) in [4.78, 5) is 11.4. The summed E-state index contributed by atoms with van der Waals surface area (Å²) in [7, 11) is -0.543. The van der Waals surface area contributed by atoms with Gasteiger partial charge in [-0.15, -0.1) is 0 Å². The lowest BCUT2D eigenvalue weighted by Gasteiger charge is -2.32. The second-order valence-electron chi connectivity index (χ2n) is 6.50. The zero-order chi connectivity index (χ0) is 17.4. The Morgan fingerprint density at radius 2 is 1.87 bits per heavy atom. The minimum atomic E-state index is -0.976. The monoisotopic (exact) mass is 398 g/mol. The SMILES string of the molecule is CC1(C)OB(C(=Cc2cc(Br)ccc2C(=O)O)CS)OC1(C)C. The van der Waals surface area contributed by atoms with Crippen LogP contribution >= 0.6 is 28.6 Å². The minimum absolute atomic E-state index is 0.226. The minimum Gasteiger partial charge on any atom is -0.478 e. The van der Waals surface area contributed by atoms with Crippen LogP contribution < -0.4 is 0 Å². The van der Waals surface area contributed by atoms with Gasteiger partial charge in [-0.2, -0.15) is 12.6 Å². The highest BCUT2D eigenvalue weighted by atomic mass is 79.9. The topological polar surface area (TPSA) is 55.8 Å². The van der Waals surface area contributed by atoms with Crippen molar-refractivity contribution in [3.05, 3.63) is 39.3 Å². The molecule has 1 fully saturated rings. The zero-order valence-electron chi connectivity index (χ0n) is 13.6. The number of rotatable bonds is 4. The Hall–Kier alpha value is -0.755. The van der Waals surface area contributed by atoms with Crippen molar-refractivity contribution in [2.24, 2.45) is 0 Å². The highest BCUT2D eigenvalue weighted by Crippen LogP contribution is 2.39. The molecule has 1 N–H and O–H groups in total. The van der Waals surface area contributed by atoms with Crippen molar-refractivity contribution in [1.29, 1.82) is 0 Å². The summed E-state index contributed by atoms with van der Waals surface area (Å²) in [5.41, 5.74) is 0.696. The summed E-state index contributed by atoms with van der Waals surface area (Å²) in [5.74, 6) is -0.571. The van der Waals surface area contributed by atoms with Crippen LogP contribution in [0.25, 0.3) is 6.08 Å². The van der Waals surface area contributed by atoms with Crippen molar-refractivity contribution < 1.29 is 19.2 Å². The molecule has 0 spiro atoms. The van der Waals surface area contributed by atoms with Crippen LogP contribution in [0.5, 0.6) is 0 Å². The van der Waals surface area contributed by atoms with Crippen molar-refractivity contribution in [3.8, 4) is 0 Å². The number of benzene rings is 1. The van der Waals surface area contributed by atoms with Crippen molar-refractivity contribution in [2.75, 3.05) is 5.75 Å². The fourth-order valence-electron chi connectivity index (χ4n) is 2.23. The Labute approximate surface area is 150 Å². The van der Waals surface area contributed by atoms with Crippen LogP contribution in [0.3, 0.4) is 0 Å². The average Bonchev–Trinajstić information content (AvgIpc) is 2.64. The van der Waals surface area contributed by atoms with E-state index in [-0.39, 0.29) is 5.56 Å². The molecule has 1 saturated heterocycles. The van der Waals surface area contributed by atoms with Gasteiger partial charge in [0.25, 0.3) is 0 Å². The van der Waals surface area contributed by atoms with E-state index in [1.807, 2.05) is 27.7 Å². The molecule has 0 radical (unpaired) electrons. The van der Waals surface area contributed by atoms with Gasteiger partial charge in [-0.1, -0.05) is 22.0 Å². The van der Waals surface area contributed by atoms with Gasteiger partial charge in [0.05, 0.1) is 16.8 Å². The lowest BCUT2D eigenvalue weighted by molar-refractivity contribution is 0.00578. The first-order valence-corrected chi connectivity index (χ1v) is 8.70. The molecule has 1 aromatic rings. The summed E-state index contributed by atoms with van der Waals surface area (Å²) in [6, 6.07) is 5.03. The van der Waals surface area contributed by atoms with E-state index in [4.69, 9.17) is 9.31 Å². The second kappa shape index (κ2) is 6.63. The fourth-order valence-corrected chi connectivity index (χ4v) is 2.85. The Bertz CT molecular complexity index is 641. The van der Waals surface area contributed by atoms with Gasteiger partial charge in [0.2, 0.25) is 0 Å². The van der Waals surface area contributed by atoms with E-state index in [2.05, 4.69) is 28.6 Å². The summed E-state index contributed by atoms with van der Waals surface area (Å²) >= 11 is 7.73. The predicted molar refractivity (Wildman–Crippen MR) is 99.0 cm³/mol. The second-order valence-corrected chi connectivity index (χ2v) is 7.73. The largest absolute Gasteiger partial charge is 0.491 e. The first kappa shape index (κ1) is 18.6. The Kier molecular flexibility index (Phi) is 5.35. The number of aromatic carboxylic acids is 1. The predicted octanol–water partition coefficient (Wildman–Crippen LogP) is 4.09. The standard InChI is InChI=1S/C16H20BBrO4S/c1-15(2)16(3,4)22-17(21-15)11(9-23)7-10-8-12(18)5-6-13(10)14(19)20/h5-8,23H,9H2,1-4H3,(H,19,20). The van der Waals surface area contributed by atoms with E-state index in [9.17, 15) is 9.90 Å². The third-order valence-corrected chi connectivity index (χ3v) is 5.18. The zero-order valence-corrected chi connectivity index (χ0v) is 16.1. The molecule has 0 aromatic heterocycles. The highest BCUT2D eigenvalue weighted by Gasteiger charge is 2.52. The summed E-state index contributed by atoms with van der Waals surface area (Å²) in [6.07, 6.45) is 1.78. The highest BCUT2D eigenvalue weighted by molar-refractivity contribution is 9.10. The molecule has 1 aliphatic heterocycles. The van der Waals surface area contributed by atoms with Crippen molar-refractivity contribution >= 4 is 47.7 Å². The molecule has 1 aromatic carbocycles. The first-order valence-electron chi connectivity index (χ1n) is 7.27. The van der Waals surface area contributed by atoms with E-state index in [1.54, 1.807) is 24.3 Å². The van der Waals surface area contributed by atoms with Crippen LogP contribution in [0.1, 0.15) is 43.6 Å². The molecule has 0 amide bonds. The summed E-state index contributed by atoms with van der Waals surface area (Å²) in [6.45, 7) is 7.91. The van der Waals surface area contributed by atoms with Gasteiger partial charge in [0, 0.05) is 10.2 Å². The van der Waals surface area contributed by atoms with E-state index < -0.39 is 24.3 Å². The maximum atomic E-state index is 11.4. The van der Waals surface area contributed by atoms with Gasteiger partial charge in [-0.3, -0.25) is 0 Å². The fraction of sp³-hybridized carbons (Fsp3) is 0.438. The summed E-state index contributed by atoms with van der Waals surface area (Å²) < 4.78 is 12.8. The van der Waals surface area contributed by atoms with Gasteiger partial charge in [0.15, 0.2) is 0 Å². The van der Waals surface area contributed by atoms with E-state index in [0.717, 1.165) is 9.95 Å². The normalized spacial score (nSPS) is 19.9. The van der Waals surface area contributed by atoms with Gasteiger partial charge in [-0.25, -0.2) is 4.79 Å². The molecule has 124 valence electrons. The quantitative estimate of drug-likeness (QED) is 0.592. The third-order valence-electron chi connectivity index (χ3n) is 4.32. The van der Waals surface area contributed by atoms with Gasteiger partial charge >= 0.3 is 13.1 Å². The molecule has 23 heavy (non-hydrogen) atoms. The van der Waals surface area contributed by atoms with Crippen LogP contribution in [0, 0.1) is 0 Å². The van der Waals surface area contributed by atoms with Crippen molar-refractivity contribution in [1.82, 2.24) is 0 Å². The van der Waals surface area contributed by atoms with Crippen molar-refractivity contribution in [2.45, 2.75) is 38.9 Å². The molecule has 1 heterocycles. The Morgan fingerprint density at radius 1 is 1.30 bits per heavy atom. The van der Waals surface area contributed by atoms with E-state index >= 15 is 0 Å². The molecule has 4 nitrogen and oxygen atoms in total. The molecule has 0 atom stereocenters. The molecule has 0 aliphatic carbocycles. The van der Waals surface area contributed by atoms with Crippen LogP contribution in [-0.4, -0.2) is 35.1 Å². The van der Waals surface area contributed by atoms with Gasteiger partial charge in [-0.05, 0) is 56.9 Å². The smallest absolute Gasteiger partial charge is 0.478 e. The Balaban J connectivity index is 2.41. The molecule has 1 aliphatic rings. The molecular weight excluding hydrogens is 379 g/mol. The third kappa shape index (κ3) is 3.84. The number of carbonyl (C=O) groups is 1. The van der Waals surface area contributed by atoms with E-state index in [1.165, 1.54) is 0 Å². The van der Waals surface area contributed by atoms with Crippen molar-refractivity contribution in [3.63, 3.8) is 0 Å². The lowest BCUT2D eigenvalue weighted by Crippen LogP contribution is -2.41. The number of thiol groups is 1. The lowest BCUT2D eigenvalue weighted by atomic mass is 9.78. The molecular formula is C16H20BBrO4S. The van der Waals surface area contributed by atoms with Gasteiger partial charge in [0.1, 0.15) is 0 Å². The number of halogens is 1. The van der Waals surface area contributed by atoms with Crippen LogP contribution in [-0.2, 0) is 9.31 Å². The van der Waals surface area contributed by atoms with Crippen LogP contribution in [0.2, 0.25) is 0 Å². The molecule has 0 saturated carbocycles. The Morgan fingerprint density at radius 3 is 2.35 bits per heavy atom. The first-order chi connectivity index (χ1) is 10.6. The average molecular weight is 399 g/mol. The number of hydrogen-bond acceptors (Lipinski definition) is 4. The maximum Gasteiger partial charge on any atom is 0.491 e. The molecule has 2 rings (SSSR count). The van der Waals surface area contributed by atoms with E-state index in [0.29, 0.717) is 11.3 Å². The summed E-state index contributed by atoms with van der Waals surface area (Å²) in [5, 5.41) is 9.35. The number of hydrogen-bond donors (Lipinski definition) is 2.